The molecule has 0 saturated carbocycles. The van der Waals surface area contributed by atoms with Crippen LogP contribution in [0.25, 0.3) is 0 Å². The Morgan fingerprint density at radius 2 is 1.31 bits per heavy atom. The molecule has 1 aliphatic rings. The first-order chi connectivity index (χ1) is 24.2. The summed E-state index contributed by atoms with van der Waals surface area (Å²) in [7, 11) is -2.29. The zero-order valence-electron chi connectivity index (χ0n) is 31.9. The number of nitrogens with zero attached hydrogens (tertiary/aromatic N) is 2. The summed E-state index contributed by atoms with van der Waals surface area (Å²) in [5.74, 6) is 0.0815. The molecule has 1 amide bonds. The summed E-state index contributed by atoms with van der Waals surface area (Å²) >= 11 is 0. The van der Waals surface area contributed by atoms with E-state index < -0.39 is 25.6 Å². The van der Waals surface area contributed by atoms with E-state index in [0.717, 1.165) is 37.1 Å². The maximum absolute atomic E-state index is 13.1. The number of hydrogen-bond acceptors (Lipinski definition) is 3. The number of carbonyl (C=O) groups excluding carboxylic acids is 1. The summed E-state index contributed by atoms with van der Waals surface area (Å²) in [6, 6.07) is 42.5. The highest BCUT2D eigenvalue weighted by molar-refractivity contribution is 6.74. The lowest BCUT2D eigenvalue weighted by Gasteiger charge is -2.47. The van der Waals surface area contributed by atoms with E-state index in [9.17, 15) is 4.79 Å². The Morgan fingerprint density at radius 1 is 0.804 bits per heavy atom. The van der Waals surface area contributed by atoms with Crippen molar-refractivity contribution in [3.63, 3.8) is 0 Å². The van der Waals surface area contributed by atoms with Crippen molar-refractivity contribution in [3.05, 3.63) is 144 Å². The molecule has 51 heavy (non-hydrogen) atoms. The minimum atomic E-state index is -2.29. The summed E-state index contributed by atoms with van der Waals surface area (Å²) in [6.07, 6.45) is 5.32. The number of carbonyl (C=O) groups is 1. The van der Waals surface area contributed by atoms with Crippen LogP contribution in [0.2, 0.25) is 18.1 Å². The molecule has 0 unspecified atom stereocenters. The van der Waals surface area contributed by atoms with Crippen molar-refractivity contribution in [2.45, 2.75) is 109 Å². The Balaban J connectivity index is 1.60. The molecule has 4 aromatic rings. The predicted molar refractivity (Wildman–Crippen MR) is 214 cm³/mol. The van der Waals surface area contributed by atoms with Crippen molar-refractivity contribution in [2.75, 3.05) is 6.54 Å². The fraction of sp³-hybridized carbons (Fsp3) is 0.400. The van der Waals surface area contributed by atoms with Gasteiger partial charge in [0.15, 0.2) is 20.0 Å². The van der Waals surface area contributed by atoms with Crippen molar-refractivity contribution >= 4 is 26.3 Å². The molecule has 1 aliphatic heterocycles. The zero-order chi connectivity index (χ0) is 36.7. The van der Waals surface area contributed by atoms with Gasteiger partial charge in [0.2, 0.25) is 0 Å². The van der Waals surface area contributed by atoms with Crippen LogP contribution in [-0.4, -0.2) is 49.1 Å². The van der Waals surface area contributed by atoms with Crippen molar-refractivity contribution in [1.29, 1.82) is 0 Å². The lowest BCUT2D eigenvalue weighted by atomic mass is 9.79. The van der Waals surface area contributed by atoms with Crippen LogP contribution in [-0.2, 0) is 14.8 Å². The summed E-state index contributed by atoms with van der Waals surface area (Å²) < 4.78 is 16.0. The van der Waals surface area contributed by atoms with Crippen LogP contribution in [0.5, 0.6) is 0 Å². The average Bonchev–Trinajstić information content (AvgIpc) is 3.58. The van der Waals surface area contributed by atoms with Crippen molar-refractivity contribution in [3.8, 4) is 0 Å². The molecule has 0 spiro atoms. The summed E-state index contributed by atoms with van der Waals surface area (Å²) in [6.45, 7) is 18.3. The SMILES string of the molecule is CC(C)(C)OC(=O)/N=C(/C[C@@H](CC=[N+]1CCC[C@H]1C(O[Si](C)(C)C(C)(C)C)(c1ccccc1)c1ccccc1)c1ccccc1)c1ccccc1. The average molecular weight is 702 g/mol. The molecule has 1 heterocycles. The smallest absolute Gasteiger partial charge is 0.434 e. The number of hydrogen-bond donors (Lipinski definition) is 0. The quantitative estimate of drug-likeness (QED) is 0.0888. The van der Waals surface area contributed by atoms with Crippen LogP contribution in [0.1, 0.15) is 95.4 Å². The maximum Gasteiger partial charge on any atom is 0.434 e. The van der Waals surface area contributed by atoms with Crippen LogP contribution >= 0.6 is 0 Å². The standard InChI is InChI=1S/C45H57N2O3Si/c1-43(2,3)49-42(48)46-40(36-24-15-10-16-25-36)34-37(35-22-13-9-14-23-35)31-33-47-32-21-30-41(47)45(38-26-17-11-18-27-38,39-28-19-12-20-29-39)50-51(7,8)44(4,5)6/h9-20,22-29,33,37,41H,21,30-32,34H2,1-8H3/q+1/b46-40-,47-33?/t37-,41+/m1/s1. The molecule has 4 aromatic carbocycles. The molecular weight excluding hydrogens is 645 g/mol. The second-order valence-electron chi connectivity index (χ2n) is 16.4. The topological polar surface area (TPSA) is 50.9 Å². The molecule has 1 fully saturated rings. The number of amides is 1. The van der Waals surface area contributed by atoms with Gasteiger partial charge in [-0.2, -0.15) is 4.99 Å². The molecule has 2 atom stereocenters. The third-order valence-corrected chi connectivity index (χ3v) is 14.9. The second kappa shape index (κ2) is 16.0. The highest BCUT2D eigenvalue weighted by Gasteiger charge is 2.56. The van der Waals surface area contributed by atoms with E-state index >= 15 is 0 Å². The van der Waals surface area contributed by atoms with E-state index in [-0.39, 0.29) is 17.0 Å². The lowest BCUT2D eigenvalue weighted by molar-refractivity contribution is -0.559. The van der Waals surface area contributed by atoms with E-state index in [1.165, 1.54) is 16.7 Å². The van der Waals surface area contributed by atoms with Gasteiger partial charge in [0.1, 0.15) is 18.4 Å². The Morgan fingerprint density at radius 3 is 1.82 bits per heavy atom. The molecule has 5 rings (SSSR count). The molecular formula is C45H57N2O3Si+. The number of ether oxygens (including phenoxy) is 1. The number of benzene rings is 4. The van der Waals surface area contributed by atoms with E-state index in [0.29, 0.717) is 6.42 Å². The molecule has 5 nitrogen and oxygen atoms in total. The Kier molecular flexibility index (Phi) is 12.0. The molecule has 0 radical (unpaired) electrons. The number of rotatable bonds is 11. The van der Waals surface area contributed by atoms with Gasteiger partial charge in [-0.15, -0.1) is 0 Å². The first kappa shape index (κ1) is 38.1. The fourth-order valence-electron chi connectivity index (χ4n) is 6.92. The van der Waals surface area contributed by atoms with Gasteiger partial charge < -0.3 is 9.16 Å². The minimum absolute atomic E-state index is 0.0225. The number of aliphatic imine (C=N–C) groups is 1. The van der Waals surface area contributed by atoms with Crippen LogP contribution in [0.3, 0.4) is 0 Å². The lowest BCUT2D eigenvalue weighted by Crippen LogP contribution is -2.55. The van der Waals surface area contributed by atoms with E-state index in [1.807, 2.05) is 51.1 Å². The molecule has 0 aromatic heterocycles. The van der Waals surface area contributed by atoms with Gasteiger partial charge in [0, 0.05) is 19.3 Å². The molecule has 0 aliphatic carbocycles. The van der Waals surface area contributed by atoms with Crippen molar-refractivity contribution in [2.24, 2.45) is 4.99 Å². The summed E-state index contributed by atoms with van der Waals surface area (Å²) in [5.41, 5.74) is 3.98. The van der Waals surface area contributed by atoms with Crippen molar-refractivity contribution in [1.82, 2.24) is 0 Å². The fourth-order valence-corrected chi connectivity index (χ4v) is 8.40. The van der Waals surface area contributed by atoms with Gasteiger partial charge in [0.25, 0.3) is 0 Å². The Labute approximate surface area is 307 Å². The van der Waals surface area contributed by atoms with Gasteiger partial charge >= 0.3 is 6.09 Å². The van der Waals surface area contributed by atoms with Gasteiger partial charge in [0.05, 0.1) is 5.71 Å². The molecule has 268 valence electrons. The monoisotopic (exact) mass is 701 g/mol. The first-order valence-corrected chi connectivity index (χ1v) is 21.4. The molecule has 0 N–H and O–H groups in total. The van der Waals surface area contributed by atoms with E-state index in [2.05, 4.69) is 141 Å². The van der Waals surface area contributed by atoms with Gasteiger partial charge in [-0.3, -0.25) is 0 Å². The zero-order valence-corrected chi connectivity index (χ0v) is 32.9. The largest absolute Gasteiger partial charge is 0.442 e. The van der Waals surface area contributed by atoms with E-state index in [4.69, 9.17) is 9.16 Å². The minimum Gasteiger partial charge on any atom is -0.442 e. The van der Waals surface area contributed by atoms with Crippen LogP contribution in [0.4, 0.5) is 4.79 Å². The second-order valence-corrected chi connectivity index (χ2v) is 21.1. The molecule has 1 saturated heterocycles. The highest BCUT2D eigenvalue weighted by Crippen LogP contribution is 2.49. The van der Waals surface area contributed by atoms with Crippen molar-refractivity contribution < 1.29 is 18.5 Å². The van der Waals surface area contributed by atoms with Crippen LogP contribution < -0.4 is 0 Å². The Bertz CT molecular complexity index is 1730. The molecule has 6 heteroatoms. The Hall–Kier alpha value is -4.13. The van der Waals surface area contributed by atoms with E-state index in [1.54, 1.807) is 0 Å². The van der Waals surface area contributed by atoms with Gasteiger partial charge in [-0.05, 0) is 73.5 Å². The molecule has 0 bridgehead atoms. The maximum atomic E-state index is 13.1. The third-order valence-electron chi connectivity index (χ3n) is 10.5. The highest BCUT2D eigenvalue weighted by atomic mass is 28.4. The summed E-state index contributed by atoms with van der Waals surface area (Å²) in [4.78, 5) is 17.7. The third kappa shape index (κ3) is 9.41. The summed E-state index contributed by atoms with van der Waals surface area (Å²) in [5, 5.41) is 0.0225. The van der Waals surface area contributed by atoms with Crippen LogP contribution in [0, 0.1) is 0 Å². The predicted octanol–water partition coefficient (Wildman–Crippen LogP) is 11.2. The van der Waals surface area contributed by atoms with Crippen LogP contribution in [0.15, 0.2) is 126 Å². The normalized spacial score (nSPS) is 17.4. The first-order valence-electron chi connectivity index (χ1n) is 18.5. The van der Waals surface area contributed by atoms with Gasteiger partial charge in [-0.1, -0.05) is 142 Å². The van der Waals surface area contributed by atoms with Gasteiger partial charge in [-0.25, -0.2) is 9.37 Å².